The highest BCUT2D eigenvalue weighted by molar-refractivity contribution is 5.63. The Kier molecular flexibility index (Phi) is 4.69. The lowest BCUT2D eigenvalue weighted by Gasteiger charge is -2.48. The molecule has 0 spiro atoms. The minimum atomic E-state index is -4.28. The van der Waals surface area contributed by atoms with Gasteiger partial charge in [-0.1, -0.05) is 56.2 Å². The van der Waals surface area contributed by atoms with Crippen molar-refractivity contribution in [2.24, 2.45) is 7.05 Å². The Bertz CT molecular complexity index is 1160. The van der Waals surface area contributed by atoms with E-state index < -0.39 is 23.4 Å². The predicted octanol–water partition coefficient (Wildman–Crippen LogP) is 6.40. The van der Waals surface area contributed by atoms with Crippen LogP contribution in [0.2, 0.25) is 0 Å². The molecule has 1 aliphatic rings. The van der Waals surface area contributed by atoms with Crippen molar-refractivity contribution in [1.82, 2.24) is 4.68 Å². The van der Waals surface area contributed by atoms with Crippen LogP contribution in [0.3, 0.4) is 0 Å². The van der Waals surface area contributed by atoms with Crippen molar-refractivity contribution >= 4 is 0 Å². The van der Waals surface area contributed by atoms with Crippen molar-refractivity contribution in [3.8, 4) is 16.9 Å². The smallest absolute Gasteiger partial charge is 0.171 e. The van der Waals surface area contributed by atoms with Crippen LogP contribution in [0.5, 0.6) is 0 Å². The van der Waals surface area contributed by atoms with Crippen molar-refractivity contribution in [1.29, 1.82) is 0 Å². The summed E-state index contributed by atoms with van der Waals surface area (Å²) >= 11 is 0. The first-order chi connectivity index (χ1) is 14.3. The Hall–Kier alpha value is -2.56. The average Bonchev–Trinajstić information content (AvgIpc) is 2.96. The van der Waals surface area contributed by atoms with Crippen LogP contribution in [0.15, 0.2) is 42.5 Å². The van der Waals surface area contributed by atoms with Gasteiger partial charge in [0, 0.05) is 22.5 Å². The van der Waals surface area contributed by atoms with Crippen LogP contribution in [0.25, 0.3) is 16.9 Å². The van der Waals surface area contributed by atoms with E-state index in [0.717, 1.165) is 39.2 Å². The van der Waals surface area contributed by atoms with Crippen LogP contribution in [0, 0.1) is 20.8 Å². The first-order valence-electron chi connectivity index (χ1n) is 10.6. The van der Waals surface area contributed by atoms with E-state index in [-0.39, 0.29) is 0 Å². The number of benzene rings is 2. The lowest BCUT2D eigenvalue weighted by atomic mass is 9.57. The first kappa shape index (κ1) is 21.7. The highest BCUT2D eigenvalue weighted by Gasteiger charge is 2.57. The van der Waals surface area contributed by atoms with E-state index in [1.165, 1.54) is 0 Å². The fourth-order valence-corrected chi connectivity index (χ4v) is 5.38. The lowest BCUT2D eigenvalue weighted by Crippen LogP contribution is -2.54. The second-order valence-electron chi connectivity index (χ2n) is 9.85. The minimum Gasteiger partial charge on any atom is -0.171 e. The van der Waals surface area contributed by atoms with Crippen LogP contribution in [0.4, 0.5) is 13.2 Å². The third kappa shape index (κ3) is 3.20. The number of aryl methyl sites for hydroxylation is 3. The molecule has 5 heteroatoms. The SMILES string of the molecule is Cc1cc(C)cc(-c2cc3n([n+]2C)-c2c(C)cccc2C(C)(C)C3(C)CC(F)(F)F)c1. The molecule has 0 saturated heterocycles. The molecule has 1 aromatic heterocycles. The van der Waals surface area contributed by atoms with Gasteiger partial charge in [-0.3, -0.25) is 0 Å². The van der Waals surface area contributed by atoms with E-state index in [1.807, 2.05) is 75.3 Å². The molecule has 0 bridgehead atoms. The molecule has 0 saturated carbocycles. The molecule has 3 aromatic rings. The molecule has 2 aromatic carbocycles. The molecule has 0 fully saturated rings. The molecule has 1 aliphatic heterocycles. The van der Waals surface area contributed by atoms with Crippen molar-refractivity contribution in [3.05, 3.63) is 70.4 Å². The zero-order chi connectivity index (χ0) is 22.9. The van der Waals surface area contributed by atoms with Gasteiger partial charge in [-0.15, -0.1) is 9.36 Å². The second kappa shape index (κ2) is 6.72. The molecule has 2 heterocycles. The Balaban J connectivity index is 2.10. The van der Waals surface area contributed by atoms with Crippen molar-refractivity contribution in [2.45, 2.75) is 65.0 Å². The van der Waals surface area contributed by atoms with E-state index in [1.54, 1.807) is 6.92 Å². The van der Waals surface area contributed by atoms with E-state index in [9.17, 15) is 13.2 Å². The topological polar surface area (TPSA) is 8.81 Å². The summed E-state index contributed by atoms with van der Waals surface area (Å²) < 4.78 is 45.7. The summed E-state index contributed by atoms with van der Waals surface area (Å²) in [5, 5.41) is 0. The molecule has 0 aliphatic carbocycles. The van der Waals surface area contributed by atoms with E-state index in [0.29, 0.717) is 5.69 Å². The summed E-state index contributed by atoms with van der Waals surface area (Å²) in [6.45, 7) is 11.8. The molecule has 164 valence electrons. The molecular formula is C26H30F3N2+. The van der Waals surface area contributed by atoms with Crippen LogP contribution in [0.1, 0.15) is 55.1 Å². The molecule has 31 heavy (non-hydrogen) atoms. The number of halogens is 3. The number of nitrogens with zero attached hydrogens (tertiary/aromatic N) is 2. The van der Waals surface area contributed by atoms with E-state index in [4.69, 9.17) is 0 Å². The number of alkyl halides is 3. The molecule has 1 unspecified atom stereocenters. The van der Waals surface area contributed by atoms with Gasteiger partial charge >= 0.3 is 6.18 Å². The van der Waals surface area contributed by atoms with Crippen LogP contribution in [-0.4, -0.2) is 10.9 Å². The van der Waals surface area contributed by atoms with Gasteiger partial charge in [0.1, 0.15) is 5.69 Å². The molecule has 2 nitrogen and oxygen atoms in total. The number of hydrogen-bond donors (Lipinski definition) is 0. The molecule has 1 atom stereocenters. The molecule has 4 rings (SSSR count). The predicted molar refractivity (Wildman–Crippen MR) is 118 cm³/mol. The third-order valence-corrected chi connectivity index (χ3v) is 7.29. The first-order valence-corrected chi connectivity index (χ1v) is 10.6. The number of aromatic nitrogens is 2. The summed E-state index contributed by atoms with van der Waals surface area (Å²) in [7, 11) is 1.94. The van der Waals surface area contributed by atoms with Gasteiger partial charge in [0.05, 0.1) is 12.1 Å². The largest absolute Gasteiger partial charge is 0.390 e. The lowest BCUT2D eigenvalue weighted by molar-refractivity contribution is -0.735. The van der Waals surface area contributed by atoms with Gasteiger partial charge in [0.25, 0.3) is 0 Å². The summed E-state index contributed by atoms with van der Waals surface area (Å²) in [5.41, 5.74) is 6.07. The molecule has 0 N–H and O–H groups in total. The Morgan fingerprint density at radius 2 is 1.55 bits per heavy atom. The summed E-state index contributed by atoms with van der Waals surface area (Å²) in [5.74, 6) is 0. The number of hydrogen-bond acceptors (Lipinski definition) is 0. The van der Waals surface area contributed by atoms with Crippen molar-refractivity contribution < 1.29 is 17.9 Å². The fourth-order valence-electron chi connectivity index (χ4n) is 5.38. The van der Waals surface area contributed by atoms with E-state index >= 15 is 0 Å². The number of rotatable bonds is 2. The van der Waals surface area contributed by atoms with Gasteiger partial charge in [0.2, 0.25) is 5.69 Å². The normalized spacial score (nSPS) is 19.8. The summed E-state index contributed by atoms with van der Waals surface area (Å²) in [4.78, 5) is 0. The zero-order valence-electron chi connectivity index (χ0n) is 19.3. The average molecular weight is 428 g/mol. The van der Waals surface area contributed by atoms with Gasteiger partial charge in [-0.25, -0.2) is 0 Å². The quantitative estimate of drug-likeness (QED) is 0.419. The van der Waals surface area contributed by atoms with Gasteiger partial charge in [-0.2, -0.15) is 13.2 Å². The molecule has 0 radical (unpaired) electrons. The van der Waals surface area contributed by atoms with Crippen molar-refractivity contribution in [3.63, 3.8) is 0 Å². The van der Waals surface area contributed by atoms with E-state index in [2.05, 4.69) is 18.2 Å². The highest BCUT2D eigenvalue weighted by Crippen LogP contribution is 2.55. The van der Waals surface area contributed by atoms with Gasteiger partial charge < -0.3 is 0 Å². The summed E-state index contributed by atoms with van der Waals surface area (Å²) in [6, 6.07) is 14.2. The van der Waals surface area contributed by atoms with Crippen LogP contribution in [-0.2, 0) is 17.9 Å². The molecule has 0 amide bonds. The highest BCUT2D eigenvalue weighted by atomic mass is 19.4. The van der Waals surface area contributed by atoms with Crippen LogP contribution >= 0.6 is 0 Å². The number of fused-ring (bicyclic) bond motifs is 3. The van der Waals surface area contributed by atoms with Crippen LogP contribution < -0.4 is 4.68 Å². The maximum Gasteiger partial charge on any atom is 0.390 e. The van der Waals surface area contributed by atoms with Gasteiger partial charge in [0.15, 0.2) is 7.05 Å². The third-order valence-electron chi connectivity index (χ3n) is 7.29. The Morgan fingerprint density at radius 1 is 0.935 bits per heavy atom. The summed E-state index contributed by atoms with van der Waals surface area (Å²) in [6.07, 6.45) is -5.15. The Labute approximate surface area is 182 Å². The van der Waals surface area contributed by atoms with Gasteiger partial charge in [-0.05, 0) is 44.0 Å². The standard InChI is InChI=1S/C26H30F3N2/c1-16-11-17(2)13-19(12-16)21-14-22-25(6,15-26(27,28)29)24(4,5)20-10-8-9-18(3)23(20)31(22)30(21)7/h8-14H,15H2,1-7H3/q+1. The maximum absolute atomic E-state index is 13.9. The minimum absolute atomic E-state index is 0.702. The van der Waals surface area contributed by atoms with Crippen molar-refractivity contribution in [2.75, 3.05) is 0 Å². The number of para-hydroxylation sites is 1. The zero-order valence-corrected chi connectivity index (χ0v) is 19.3. The second-order valence-corrected chi connectivity index (χ2v) is 9.85. The maximum atomic E-state index is 13.9. The molecular weight excluding hydrogens is 397 g/mol. The fraction of sp³-hybridized carbons (Fsp3) is 0.423. The Morgan fingerprint density at radius 3 is 2.13 bits per heavy atom. The monoisotopic (exact) mass is 427 g/mol.